The average molecular weight is 507 g/mol. The number of aromatic nitrogens is 2. The fourth-order valence-corrected chi connectivity index (χ4v) is 3.89. The number of ether oxygens (including phenoxy) is 3. The molecular weight excluding hydrogens is 479 g/mol. The maximum atomic E-state index is 11.2. The van der Waals surface area contributed by atoms with Crippen molar-refractivity contribution in [2.45, 2.75) is 45.8 Å². The molecule has 2 aromatic carbocycles. The van der Waals surface area contributed by atoms with E-state index in [2.05, 4.69) is 5.10 Å². The molecule has 1 heterocycles. The zero-order valence-electron chi connectivity index (χ0n) is 19.4. The first kappa shape index (κ1) is 25.7. The first-order valence-electron chi connectivity index (χ1n) is 10.9. The van der Waals surface area contributed by atoms with E-state index < -0.39 is 5.97 Å². The number of aliphatic carboxylic acids is 1. The zero-order chi connectivity index (χ0) is 24.7. The number of carbonyl (C=O) groups is 1. The molecule has 0 aliphatic heterocycles. The van der Waals surface area contributed by atoms with Crippen molar-refractivity contribution in [3.63, 3.8) is 0 Å². The van der Waals surface area contributed by atoms with Crippen LogP contribution < -0.4 is 14.2 Å². The van der Waals surface area contributed by atoms with E-state index in [1.165, 1.54) is 7.11 Å². The first-order chi connectivity index (χ1) is 16.3. The summed E-state index contributed by atoms with van der Waals surface area (Å²) in [5.74, 6) is 0.569. The monoisotopic (exact) mass is 506 g/mol. The van der Waals surface area contributed by atoms with Crippen molar-refractivity contribution < 1.29 is 24.1 Å². The summed E-state index contributed by atoms with van der Waals surface area (Å²) in [7, 11) is 1.53. The quantitative estimate of drug-likeness (QED) is 0.318. The van der Waals surface area contributed by atoms with Gasteiger partial charge in [-0.15, -0.1) is 5.10 Å². The second-order valence-corrected chi connectivity index (χ2v) is 8.77. The molecular formula is C25H28Cl2N2O5. The van der Waals surface area contributed by atoms with Gasteiger partial charge in [0.15, 0.2) is 11.5 Å². The Kier molecular flexibility index (Phi) is 9.07. The van der Waals surface area contributed by atoms with Crippen molar-refractivity contribution in [2.75, 3.05) is 13.7 Å². The summed E-state index contributed by atoms with van der Waals surface area (Å²) >= 11 is 12.6. The van der Waals surface area contributed by atoms with Crippen molar-refractivity contribution in [1.82, 2.24) is 9.78 Å². The molecule has 0 atom stereocenters. The lowest BCUT2D eigenvalue weighted by Crippen LogP contribution is -2.10. The molecule has 182 valence electrons. The fourth-order valence-electron chi connectivity index (χ4n) is 3.51. The second kappa shape index (κ2) is 12.0. The van der Waals surface area contributed by atoms with Crippen molar-refractivity contribution in [1.29, 1.82) is 0 Å². The van der Waals surface area contributed by atoms with Crippen LogP contribution >= 0.6 is 23.2 Å². The molecule has 0 unspecified atom stereocenters. The molecule has 3 aromatic rings. The summed E-state index contributed by atoms with van der Waals surface area (Å²) in [5, 5.41) is 14.8. The van der Waals surface area contributed by atoms with Gasteiger partial charge in [0.25, 0.3) is 0 Å². The largest absolute Gasteiger partial charge is 0.493 e. The van der Waals surface area contributed by atoms with Crippen molar-refractivity contribution in [2.24, 2.45) is 0 Å². The van der Waals surface area contributed by atoms with Crippen LogP contribution in [0.15, 0.2) is 42.5 Å². The molecule has 3 rings (SSSR count). The summed E-state index contributed by atoms with van der Waals surface area (Å²) < 4.78 is 19.0. The predicted molar refractivity (Wildman–Crippen MR) is 132 cm³/mol. The zero-order valence-corrected chi connectivity index (χ0v) is 20.9. The van der Waals surface area contributed by atoms with E-state index in [-0.39, 0.29) is 12.5 Å². The van der Waals surface area contributed by atoms with Crippen LogP contribution in [0.5, 0.6) is 17.4 Å². The van der Waals surface area contributed by atoms with Gasteiger partial charge in [-0.05, 0) is 44.4 Å². The number of nitrogens with zero attached hydrogens (tertiary/aromatic N) is 2. The van der Waals surface area contributed by atoms with Crippen LogP contribution in [-0.4, -0.2) is 40.7 Å². The Morgan fingerprint density at radius 3 is 2.59 bits per heavy atom. The molecule has 0 amide bonds. The second-order valence-electron chi connectivity index (χ2n) is 7.98. The number of rotatable bonds is 12. The van der Waals surface area contributed by atoms with Gasteiger partial charge in [0, 0.05) is 17.3 Å². The summed E-state index contributed by atoms with van der Waals surface area (Å²) in [6.07, 6.45) is 1.18. The lowest BCUT2D eigenvalue weighted by atomic mass is 10.1. The molecule has 0 bridgehead atoms. The van der Waals surface area contributed by atoms with E-state index in [4.69, 9.17) is 37.4 Å². The van der Waals surface area contributed by atoms with E-state index in [9.17, 15) is 9.90 Å². The molecule has 1 aromatic heterocycles. The molecule has 0 fully saturated rings. The molecule has 0 saturated heterocycles. The standard InChI is InChI=1S/C25H28Cl2N2O5/c1-16(2)34-22-14-19(29(28-22)15-18-8-4-10-20(26)24(18)27)9-6-12-33-25-17(13-23(30)31)7-5-11-21(25)32-3/h4-5,7-8,10-11,14,16H,6,9,12-13,15H2,1-3H3,(H,30,31). The van der Waals surface area contributed by atoms with E-state index in [1.54, 1.807) is 24.3 Å². The third-order valence-corrected chi connectivity index (χ3v) is 5.85. The molecule has 0 saturated carbocycles. The topological polar surface area (TPSA) is 82.8 Å². The highest BCUT2D eigenvalue weighted by Gasteiger charge is 2.15. The number of methoxy groups -OCH3 is 1. The van der Waals surface area contributed by atoms with E-state index in [0.717, 1.165) is 11.3 Å². The molecule has 0 aliphatic carbocycles. The number of hydrogen-bond acceptors (Lipinski definition) is 5. The van der Waals surface area contributed by atoms with Crippen LogP contribution in [0, 0.1) is 0 Å². The number of aryl methyl sites for hydroxylation is 1. The van der Waals surface area contributed by atoms with Crippen LogP contribution in [0.3, 0.4) is 0 Å². The highest BCUT2D eigenvalue weighted by molar-refractivity contribution is 6.42. The highest BCUT2D eigenvalue weighted by atomic mass is 35.5. The van der Waals surface area contributed by atoms with Gasteiger partial charge >= 0.3 is 5.97 Å². The maximum absolute atomic E-state index is 11.2. The molecule has 9 heteroatoms. The Bertz CT molecular complexity index is 1130. The normalized spacial score (nSPS) is 11.0. The third kappa shape index (κ3) is 6.81. The van der Waals surface area contributed by atoms with Gasteiger partial charge in [-0.3, -0.25) is 9.48 Å². The molecule has 1 N–H and O–H groups in total. The number of carboxylic acids is 1. The SMILES string of the molecule is COc1cccc(CC(=O)O)c1OCCCc1cc(OC(C)C)nn1Cc1cccc(Cl)c1Cl. The van der Waals surface area contributed by atoms with Crippen molar-refractivity contribution in [3.8, 4) is 17.4 Å². The minimum atomic E-state index is -0.931. The summed E-state index contributed by atoms with van der Waals surface area (Å²) in [4.78, 5) is 11.2. The van der Waals surface area contributed by atoms with Crippen LogP contribution in [0.4, 0.5) is 0 Å². The Balaban J connectivity index is 1.73. The molecule has 0 radical (unpaired) electrons. The first-order valence-corrected chi connectivity index (χ1v) is 11.7. The van der Waals surface area contributed by atoms with Crippen LogP contribution in [0.1, 0.15) is 37.1 Å². The van der Waals surface area contributed by atoms with Crippen molar-refractivity contribution in [3.05, 3.63) is 69.3 Å². The summed E-state index contributed by atoms with van der Waals surface area (Å²) in [5.41, 5.74) is 2.39. The van der Waals surface area contributed by atoms with Gasteiger partial charge in [-0.25, -0.2) is 0 Å². The number of hydrogen-bond donors (Lipinski definition) is 1. The third-order valence-electron chi connectivity index (χ3n) is 4.99. The van der Waals surface area contributed by atoms with Gasteiger partial charge in [-0.2, -0.15) is 0 Å². The van der Waals surface area contributed by atoms with Crippen LogP contribution in [0.2, 0.25) is 10.0 Å². The highest BCUT2D eigenvalue weighted by Crippen LogP contribution is 2.32. The predicted octanol–water partition coefficient (Wildman–Crippen LogP) is 5.67. The summed E-state index contributed by atoms with van der Waals surface area (Å²) in [6, 6.07) is 12.7. The number of para-hydroxylation sites is 1. The van der Waals surface area contributed by atoms with Gasteiger partial charge in [0.1, 0.15) is 0 Å². The number of carboxylic acid groups (broad SMARTS) is 1. The molecule has 34 heavy (non-hydrogen) atoms. The Morgan fingerprint density at radius 1 is 1.15 bits per heavy atom. The van der Waals surface area contributed by atoms with Crippen LogP contribution in [0.25, 0.3) is 0 Å². The number of benzene rings is 2. The Morgan fingerprint density at radius 2 is 1.88 bits per heavy atom. The maximum Gasteiger partial charge on any atom is 0.307 e. The summed E-state index contributed by atoms with van der Waals surface area (Å²) in [6.45, 7) is 4.72. The van der Waals surface area contributed by atoms with Gasteiger partial charge in [0.05, 0.1) is 42.8 Å². The van der Waals surface area contributed by atoms with E-state index in [1.807, 2.05) is 36.7 Å². The lowest BCUT2D eigenvalue weighted by Gasteiger charge is -2.14. The smallest absolute Gasteiger partial charge is 0.307 e. The average Bonchev–Trinajstić information content (AvgIpc) is 3.14. The van der Waals surface area contributed by atoms with Gasteiger partial charge in [0.2, 0.25) is 5.88 Å². The lowest BCUT2D eigenvalue weighted by molar-refractivity contribution is -0.136. The molecule has 0 aliphatic rings. The fraction of sp³-hybridized carbons (Fsp3) is 0.360. The van der Waals surface area contributed by atoms with Crippen LogP contribution in [-0.2, 0) is 24.2 Å². The van der Waals surface area contributed by atoms with Gasteiger partial charge < -0.3 is 19.3 Å². The number of halogens is 2. The minimum Gasteiger partial charge on any atom is -0.493 e. The molecule has 0 spiro atoms. The van der Waals surface area contributed by atoms with E-state index >= 15 is 0 Å². The van der Waals surface area contributed by atoms with Crippen molar-refractivity contribution >= 4 is 29.2 Å². The Hall–Kier alpha value is -2.90. The minimum absolute atomic E-state index is 0.00695. The van der Waals surface area contributed by atoms with Gasteiger partial charge in [-0.1, -0.05) is 47.5 Å². The molecule has 7 nitrogen and oxygen atoms in total. The Labute approximate surface area is 209 Å². The van der Waals surface area contributed by atoms with E-state index in [0.29, 0.717) is 59.0 Å².